The lowest BCUT2D eigenvalue weighted by Crippen LogP contribution is -2.46. The van der Waals surface area contributed by atoms with Crippen molar-refractivity contribution in [3.8, 4) is 0 Å². The van der Waals surface area contributed by atoms with Crippen molar-refractivity contribution in [3.05, 3.63) is 59.3 Å². The van der Waals surface area contributed by atoms with Crippen LogP contribution in [0.2, 0.25) is 0 Å². The van der Waals surface area contributed by atoms with Crippen molar-refractivity contribution in [2.24, 2.45) is 11.7 Å². The SMILES string of the molecule is Cc1cc(NC(=O)C(=O)N2C[C@H](C)CC[C@H]2c2ccc(/C(N)=C/C=N)cc2)cnc1N. The highest BCUT2D eigenvalue weighted by Gasteiger charge is 2.34. The van der Waals surface area contributed by atoms with Gasteiger partial charge in [0.15, 0.2) is 0 Å². The molecule has 0 spiro atoms. The quantitative estimate of drug-likeness (QED) is 0.445. The average molecular weight is 421 g/mol. The zero-order chi connectivity index (χ0) is 22.5. The molecule has 8 nitrogen and oxygen atoms in total. The van der Waals surface area contributed by atoms with Gasteiger partial charge in [-0.15, -0.1) is 0 Å². The van der Waals surface area contributed by atoms with Crippen molar-refractivity contribution in [2.45, 2.75) is 32.7 Å². The van der Waals surface area contributed by atoms with Crippen molar-refractivity contribution in [1.29, 1.82) is 5.41 Å². The van der Waals surface area contributed by atoms with Crippen LogP contribution in [-0.4, -0.2) is 34.5 Å². The summed E-state index contributed by atoms with van der Waals surface area (Å²) in [7, 11) is 0. The maximum atomic E-state index is 13.1. The number of carbonyl (C=O) groups excluding carboxylic acids is 2. The molecule has 0 radical (unpaired) electrons. The van der Waals surface area contributed by atoms with Gasteiger partial charge >= 0.3 is 11.8 Å². The molecule has 0 aliphatic carbocycles. The molecule has 8 heteroatoms. The minimum absolute atomic E-state index is 0.192. The Morgan fingerprint density at radius 1 is 1.26 bits per heavy atom. The molecular formula is C23H28N6O2. The molecule has 1 aromatic heterocycles. The lowest BCUT2D eigenvalue weighted by Gasteiger charge is -2.38. The Labute approximate surface area is 181 Å². The average Bonchev–Trinajstić information content (AvgIpc) is 2.76. The van der Waals surface area contributed by atoms with E-state index in [-0.39, 0.29) is 6.04 Å². The van der Waals surface area contributed by atoms with Crippen molar-refractivity contribution in [2.75, 3.05) is 17.6 Å². The molecule has 0 saturated carbocycles. The number of aryl methyl sites for hydroxylation is 1. The lowest BCUT2D eigenvalue weighted by atomic mass is 9.89. The van der Waals surface area contributed by atoms with Gasteiger partial charge in [0.25, 0.3) is 0 Å². The van der Waals surface area contributed by atoms with Crippen LogP contribution in [0.1, 0.15) is 42.5 Å². The molecule has 2 atom stereocenters. The lowest BCUT2D eigenvalue weighted by molar-refractivity contribution is -0.146. The molecule has 1 aliphatic rings. The zero-order valence-electron chi connectivity index (χ0n) is 17.8. The van der Waals surface area contributed by atoms with E-state index in [1.807, 2.05) is 24.3 Å². The van der Waals surface area contributed by atoms with E-state index in [1.54, 1.807) is 17.9 Å². The van der Waals surface area contributed by atoms with Gasteiger partial charge in [0.05, 0.1) is 17.9 Å². The van der Waals surface area contributed by atoms with Gasteiger partial charge in [0.2, 0.25) is 0 Å². The van der Waals surface area contributed by atoms with Gasteiger partial charge in [-0.2, -0.15) is 0 Å². The van der Waals surface area contributed by atoms with E-state index < -0.39 is 11.8 Å². The number of carbonyl (C=O) groups is 2. The van der Waals surface area contributed by atoms with Crippen molar-refractivity contribution in [3.63, 3.8) is 0 Å². The summed E-state index contributed by atoms with van der Waals surface area (Å²) in [6.07, 6.45) is 5.84. The zero-order valence-corrected chi connectivity index (χ0v) is 17.8. The number of rotatable bonds is 4. The van der Waals surface area contributed by atoms with Gasteiger partial charge in [-0.05, 0) is 54.5 Å². The van der Waals surface area contributed by atoms with Crippen LogP contribution in [0.15, 0.2) is 42.6 Å². The summed E-state index contributed by atoms with van der Waals surface area (Å²) in [5.41, 5.74) is 15.1. The molecule has 1 aromatic carbocycles. The number of allylic oxidation sites excluding steroid dienone is 1. The van der Waals surface area contributed by atoms with E-state index >= 15 is 0 Å². The van der Waals surface area contributed by atoms with E-state index in [0.29, 0.717) is 29.7 Å². The number of likely N-dealkylation sites (tertiary alicyclic amines) is 1. The summed E-state index contributed by atoms with van der Waals surface area (Å²) in [4.78, 5) is 31.4. The van der Waals surface area contributed by atoms with Gasteiger partial charge in [-0.25, -0.2) is 4.98 Å². The van der Waals surface area contributed by atoms with Crippen LogP contribution in [0.4, 0.5) is 11.5 Å². The molecule has 1 aliphatic heterocycles. The second kappa shape index (κ2) is 9.42. The van der Waals surface area contributed by atoms with Crippen LogP contribution in [0, 0.1) is 18.3 Å². The molecule has 0 bridgehead atoms. The first-order valence-electron chi connectivity index (χ1n) is 10.2. The summed E-state index contributed by atoms with van der Waals surface area (Å²) in [6.45, 7) is 4.37. The second-order valence-electron chi connectivity index (χ2n) is 7.95. The van der Waals surface area contributed by atoms with Crippen LogP contribution in [0.5, 0.6) is 0 Å². The highest BCUT2D eigenvalue weighted by molar-refractivity contribution is 6.39. The third-order valence-corrected chi connectivity index (χ3v) is 5.54. The number of hydrogen-bond acceptors (Lipinski definition) is 6. The Hall–Kier alpha value is -3.68. The number of nitrogen functional groups attached to an aromatic ring is 1. The highest BCUT2D eigenvalue weighted by atomic mass is 16.2. The molecule has 2 heterocycles. The summed E-state index contributed by atoms with van der Waals surface area (Å²) >= 11 is 0. The van der Waals surface area contributed by atoms with Crippen LogP contribution >= 0.6 is 0 Å². The van der Waals surface area contributed by atoms with Crippen molar-refractivity contribution < 1.29 is 9.59 Å². The van der Waals surface area contributed by atoms with Crippen LogP contribution in [0.25, 0.3) is 5.70 Å². The summed E-state index contributed by atoms with van der Waals surface area (Å²) in [6, 6.07) is 9.08. The third-order valence-electron chi connectivity index (χ3n) is 5.54. The molecule has 1 fully saturated rings. The third kappa shape index (κ3) is 5.09. The largest absolute Gasteiger partial charge is 0.398 e. The molecule has 3 rings (SSSR count). The van der Waals surface area contributed by atoms with E-state index in [0.717, 1.165) is 35.7 Å². The van der Waals surface area contributed by atoms with Crippen molar-refractivity contribution in [1.82, 2.24) is 9.88 Å². The smallest absolute Gasteiger partial charge is 0.313 e. The number of piperidine rings is 1. The van der Waals surface area contributed by atoms with E-state index in [2.05, 4.69) is 17.2 Å². The van der Waals surface area contributed by atoms with E-state index in [4.69, 9.17) is 16.9 Å². The maximum absolute atomic E-state index is 13.1. The normalized spacial score (nSPS) is 19.0. The van der Waals surface area contributed by atoms with E-state index in [9.17, 15) is 9.59 Å². The molecular weight excluding hydrogens is 392 g/mol. The van der Waals surface area contributed by atoms with Crippen LogP contribution in [0.3, 0.4) is 0 Å². The van der Waals surface area contributed by atoms with E-state index in [1.165, 1.54) is 12.3 Å². The first kappa shape index (κ1) is 22.0. The van der Waals surface area contributed by atoms with Crippen LogP contribution < -0.4 is 16.8 Å². The number of hydrogen-bond donors (Lipinski definition) is 4. The fourth-order valence-electron chi connectivity index (χ4n) is 3.78. The van der Waals surface area contributed by atoms with Gasteiger partial charge in [-0.1, -0.05) is 31.2 Å². The molecule has 31 heavy (non-hydrogen) atoms. The fraction of sp³-hybridized carbons (Fsp3) is 0.304. The number of nitrogens with two attached hydrogens (primary N) is 2. The van der Waals surface area contributed by atoms with Gasteiger partial charge in [0.1, 0.15) is 5.82 Å². The summed E-state index contributed by atoms with van der Waals surface area (Å²) < 4.78 is 0. The number of anilines is 2. The summed E-state index contributed by atoms with van der Waals surface area (Å²) in [5.74, 6) is -0.578. The number of amides is 2. The Morgan fingerprint density at radius 3 is 2.61 bits per heavy atom. The number of nitrogens with zero attached hydrogens (tertiary/aromatic N) is 2. The molecule has 0 unspecified atom stereocenters. The fourth-order valence-corrected chi connectivity index (χ4v) is 3.78. The number of benzene rings is 1. The number of aromatic nitrogens is 1. The maximum Gasteiger partial charge on any atom is 0.313 e. The first-order chi connectivity index (χ1) is 14.8. The predicted octanol–water partition coefficient (Wildman–Crippen LogP) is 2.86. The Bertz CT molecular complexity index is 1020. The van der Waals surface area contributed by atoms with Gasteiger partial charge in [-0.3, -0.25) is 9.59 Å². The minimum Gasteiger partial charge on any atom is -0.398 e. The standard InChI is InChI=1S/C23H28N6O2/c1-14-3-8-20(17-6-4-16(5-7-17)19(25)9-10-24)29(13-14)23(31)22(30)28-18-11-15(2)21(26)27-12-18/h4-7,9-12,14,20,24H,3,8,13,25H2,1-2H3,(H2,26,27)(H,28,30)/b19-9-,24-10?/t14-,20+/m1/s1. The first-order valence-corrected chi connectivity index (χ1v) is 10.2. The Kier molecular flexibility index (Phi) is 6.69. The van der Waals surface area contributed by atoms with Crippen LogP contribution in [-0.2, 0) is 9.59 Å². The molecule has 162 valence electrons. The topological polar surface area (TPSA) is 138 Å². The predicted molar refractivity (Wildman–Crippen MR) is 122 cm³/mol. The Balaban J connectivity index is 1.80. The summed E-state index contributed by atoms with van der Waals surface area (Å²) in [5, 5.41) is 9.79. The molecule has 2 aromatic rings. The highest BCUT2D eigenvalue weighted by Crippen LogP contribution is 2.34. The molecule has 2 amide bonds. The molecule has 1 saturated heterocycles. The molecule has 6 N–H and O–H groups in total. The van der Waals surface area contributed by atoms with Gasteiger partial charge in [0, 0.05) is 18.5 Å². The van der Waals surface area contributed by atoms with Crippen molar-refractivity contribution >= 4 is 35.2 Å². The number of nitrogens with one attached hydrogen (secondary N) is 2. The van der Waals surface area contributed by atoms with Gasteiger partial charge < -0.3 is 27.1 Å². The monoisotopic (exact) mass is 420 g/mol. The Morgan fingerprint density at radius 2 is 1.97 bits per heavy atom. The minimum atomic E-state index is -0.695. The number of pyridine rings is 1. The second-order valence-corrected chi connectivity index (χ2v) is 7.95.